The van der Waals surface area contributed by atoms with Gasteiger partial charge in [0.2, 0.25) is 0 Å². The molecule has 15 heavy (non-hydrogen) atoms. The lowest BCUT2D eigenvalue weighted by molar-refractivity contribution is 0.0952. The number of H-pyrrole nitrogens is 1. The predicted molar refractivity (Wildman–Crippen MR) is 68.4 cm³/mol. The Labute approximate surface area is 103 Å². The zero-order chi connectivity index (χ0) is 11.1. The third kappa shape index (κ3) is 4.19. The molecule has 0 aromatic carbocycles. The minimum atomic E-state index is -0.0317. The molecular weight excluding hydrogens is 305 g/mol. The number of nitrogens with zero attached hydrogens (tertiary/aromatic N) is 1. The van der Waals surface area contributed by atoms with E-state index >= 15 is 0 Å². The first kappa shape index (κ1) is 12.5. The Hall–Kier alpha value is -0.590. The first-order chi connectivity index (χ1) is 7.25. The Morgan fingerprint density at radius 2 is 2.33 bits per heavy atom. The second-order valence-corrected chi connectivity index (χ2v) is 4.49. The molecule has 0 saturated carbocycles. The molecule has 0 atom stereocenters. The van der Waals surface area contributed by atoms with E-state index in [1.54, 1.807) is 6.20 Å². The molecule has 0 aliphatic carbocycles. The number of unbranched alkanes of at least 4 members (excludes halogenated alkanes) is 2. The highest BCUT2D eigenvalue weighted by atomic mass is 127. The number of amides is 1. The zero-order valence-corrected chi connectivity index (χ0v) is 11.0. The van der Waals surface area contributed by atoms with Crippen molar-refractivity contribution in [1.29, 1.82) is 0 Å². The molecule has 0 radical (unpaired) electrons. The number of aryl methyl sites for hydroxylation is 1. The summed E-state index contributed by atoms with van der Waals surface area (Å²) in [6.07, 6.45) is 5.01. The molecule has 5 heteroatoms. The first-order valence-corrected chi connectivity index (χ1v) is 6.62. The van der Waals surface area contributed by atoms with Gasteiger partial charge < -0.3 is 5.32 Å². The fraction of sp³-hybridized carbons (Fsp3) is 0.600. The number of aromatic amines is 1. The van der Waals surface area contributed by atoms with Crippen molar-refractivity contribution >= 4 is 28.5 Å². The second-order valence-electron chi connectivity index (χ2n) is 3.41. The van der Waals surface area contributed by atoms with Crippen LogP contribution in [0.5, 0.6) is 0 Å². The number of carbonyl (C=O) groups is 1. The quantitative estimate of drug-likeness (QED) is 0.479. The summed E-state index contributed by atoms with van der Waals surface area (Å²) >= 11 is 2.37. The molecule has 0 saturated heterocycles. The van der Waals surface area contributed by atoms with E-state index in [2.05, 4.69) is 38.1 Å². The van der Waals surface area contributed by atoms with E-state index in [0.717, 1.165) is 18.7 Å². The van der Waals surface area contributed by atoms with Crippen LogP contribution in [0.1, 0.15) is 35.3 Å². The molecule has 1 amide bonds. The summed E-state index contributed by atoms with van der Waals surface area (Å²) in [4.78, 5) is 11.6. The molecule has 1 rings (SSSR count). The van der Waals surface area contributed by atoms with Crippen molar-refractivity contribution in [2.24, 2.45) is 0 Å². The predicted octanol–water partition coefficient (Wildman–Crippen LogP) is 2.05. The molecule has 0 aliphatic rings. The summed E-state index contributed by atoms with van der Waals surface area (Å²) in [7, 11) is 0. The van der Waals surface area contributed by atoms with Crippen molar-refractivity contribution in [1.82, 2.24) is 15.5 Å². The molecule has 0 bridgehead atoms. The van der Waals surface area contributed by atoms with Crippen molar-refractivity contribution in [2.75, 3.05) is 11.0 Å². The number of halogens is 1. The second kappa shape index (κ2) is 6.81. The maximum Gasteiger partial charge on any atom is 0.254 e. The lowest BCUT2D eigenvalue weighted by atomic mass is 10.2. The first-order valence-electron chi connectivity index (χ1n) is 5.10. The Morgan fingerprint density at radius 1 is 1.53 bits per heavy atom. The van der Waals surface area contributed by atoms with Crippen LogP contribution in [-0.2, 0) is 0 Å². The summed E-state index contributed by atoms with van der Waals surface area (Å²) in [5.41, 5.74) is 1.46. The fourth-order valence-electron chi connectivity index (χ4n) is 1.27. The average Bonchev–Trinajstić information content (AvgIpc) is 2.64. The largest absolute Gasteiger partial charge is 0.352 e. The van der Waals surface area contributed by atoms with Crippen LogP contribution in [-0.4, -0.2) is 27.1 Å². The molecule has 1 heterocycles. The molecule has 0 fully saturated rings. The summed E-state index contributed by atoms with van der Waals surface area (Å²) in [6.45, 7) is 2.60. The van der Waals surface area contributed by atoms with Gasteiger partial charge in [0.05, 0.1) is 11.8 Å². The van der Waals surface area contributed by atoms with Gasteiger partial charge >= 0.3 is 0 Å². The van der Waals surface area contributed by atoms with Gasteiger partial charge in [-0.1, -0.05) is 29.0 Å². The topological polar surface area (TPSA) is 57.8 Å². The zero-order valence-electron chi connectivity index (χ0n) is 8.85. The van der Waals surface area contributed by atoms with Crippen molar-refractivity contribution in [2.45, 2.75) is 26.2 Å². The van der Waals surface area contributed by atoms with Gasteiger partial charge in [-0.05, 0) is 24.2 Å². The van der Waals surface area contributed by atoms with Gasteiger partial charge in [-0.15, -0.1) is 0 Å². The van der Waals surface area contributed by atoms with Gasteiger partial charge in [0, 0.05) is 12.2 Å². The number of nitrogens with one attached hydrogen (secondary N) is 2. The van der Waals surface area contributed by atoms with E-state index in [1.165, 1.54) is 17.3 Å². The summed E-state index contributed by atoms with van der Waals surface area (Å²) in [5.74, 6) is -0.0317. The van der Waals surface area contributed by atoms with Gasteiger partial charge in [0.25, 0.3) is 5.91 Å². The minimum absolute atomic E-state index is 0.0317. The van der Waals surface area contributed by atoms with E-state index in [1.807, 2.05) is 6.92 Å². The molecule has 4 nitrogen and oxygen atoms in total. The molecule has 0 spiro atoms. The van der Waals surface area contributed by atoms with Crippen LogP contribution in [0.15, 0.2) is 6.20 Å². The van der Waals surface area contributed by atoms with E-state index in [0.29, 0.717) is 5.56 Å². The van der Waals surface area contributed by atoms with Gasteiger partial charge in [0.15, 0.2) is 0 Å². The maximum atomic E-state index is 11.6. The smallest absolute Gasteiger partial charge is 0.254 e. The van der Waals surface area contributed by atoms with E-state index in [4.69, 9.17) is 0 Å². The Bertz CT molecular complexity index is 311. The van der Waals surface area contributed by atoms with Crippen LogP contribution in [0, 0.1) is 6.92 Å². The van der Waals surface area contributed by atoms with E-state index in [9.17, 15) is 4.79 Å². The highest BCUT2D eigenvalue weighted by Crippen LogP contribution is 2.02. The van der Waals surface area contributed by atoms with Gasteiger partial charge in [-0.25, -0.2) is 0 Å². The van der Waals surface area contributed by atoms with Crippen LogP contribution in [0.25, 0.3) is 0 Å². The standard InChI is InChI=1S/C10H16IN3O/c1-8-9(7-13-14-8)10(15)12-6-4-2-3-5-11/h7H,2-6H2,1H3,(H,12,15)(H,13,14). The van der Waals surface area contributed by atoms with E-state index in [-0.39, 0.29) is 5.91 Å². The molecule has 1 aromatic heterocycles. The third-order valence-corrected chi connectivity index (χ3v) is 2.93. The SMILES string of the molecule is Cc1[nH]ncc1C(=O)NCCCCCI. The summed E-state index contributed by atoms with van der Waals surface area (Å²) in [6, 6.07) is 0. The van der Waals surface area contributed by atoms with Crippen LogP contribution >= 0.6 is 22.6 Å². The number of rotatable bonds is 6. The molecule has 1 aromatic rings. The summed E-state index contributed by atoms with van der Waals surface area (Å²) < 4.78 is 1.19. The normalized spacial score (nSPS) is 10.3. The molecular formula is C10H16IN3O. The summed E-state index contributed by atoms with van der Waals surface area (Å²) in [5, 5.41) is 9.45. The Balaban J connectivity index is 2.22. The lowest BCUT2D eigenvalue weighted by Crippen LogP contribution is -2.24. The van der Waals surface area contributed by atoms with Gasteiger partial charge in [-0.3, -0.25) is 9.89 Å². The van der Waals surface area contributed by atoms with E-state index < -0.39 is 0 Å². The van der Waals surface area contributed by atoms with Gasteiger partial charge in [-0.2, -0.15) is 5.10 Å². The monoisotopic (exact) mass is 321 g/mol. The van der Waals surface area contributed by atoms with Crippen molar-refractivity contribution in [3.05, 3.63) is 17.5 Å². The lowest BCUT2D eigenvalue weighted by Gasteiger charge is -2.03. The van der Waals surface area contributed by atoms with Crippen molar-refractivity contribution in [3.8, 4) is 0 Å². The molecule has 0 aliphatic heterocycles. The highest BCUT2D eigenvalue weighted by molar-refractivity contribution is 14.1. The Kier molecular flexibility index (Phi) is 5.67. The highest BCUT2D eigenvalue weighted by Gasteiger charge is 2.09. The molecule has 0 unspecified atom stereocenters. The average molecular weight is 321 g/mol. The third-order valence-electron chi connectivity index (χ3n) is 2.17. The molecule has 2 N–H and O–H groups in total. The van der Waals surface area contributed by atoms with Crippen LogP contribution in [0.4, 0.5) is 0 Å². The fourth-order valence-corrected chi connectivity index (χ4v) is 1.81. The molecule has 84 valence electrons. The van der Waals surface area contributed by atoms with Crippen LogP contribution in [0.2, 0.25) is 0 Å². The number of alkyl halides is 1. The maximum absolute atomic E-state index is 11.6. The van der Waals surface area contributed by atoms with Crippen molar-refractivity contribution < 1.29 is 4.79 Å². The van der Waals surface area contributed by atoms with Crippen molar-refractivity contribution in [3.63, 3.8) is 0 Å². The number of hydrogen-bond acceptors (Lipinski definition) is 2. The Morgan fingerprint density at radius 3 is 2.93 bits per heavy atom. The number of aromatic nitrogens is 2. The number of hydrogen-bond donors (Lipinski definition) is 2. The number of carbonyl (C=O) groups excluding carboxylic acids is 1. The van der Waals surface area contributed by atoms with Gasteiger partial charge in [0.1, 0.15) is 0 Å². The minimum Gasteiger partial charge on any atom is -0.352 e. The van der Waals surface area contributed by atoms with Crippen LogP contribution < -0.4 is 5.32 Å². The van der Waals surface area contributed by atoms with Crippen LogP contribution in [0.3, 0.4) is 0 Å².